The van der Waals surface area contributed by atoms with Crippen molar-refractivity contribution in [1.29, 1.82) is 0 Å². The molecule has 0 unspecified atom stereocenters. The van der Waals surface area contributed by atoms with Crippen LogP contribution in [0.15, 0.2) is 18.2 Å². The van der Waals surface area contributed by atoms with Crippen molar-refractivity contribution in [2.45, 2.75) is 13.8 Å². The van der Waals surface area contributed by atoms with E-state index < -0.39 is 11.9 Å². The summed E-state index contributed by atoms with van der Waals surface area (Å²) in [6.07, 6.45) is 0. The van der Waals surface area contributed by atoms with Crippen LogP contribution in [0.25, 0.3) is 0 Å². The van der Waals surface area contributed by atoms with Crippen LogP contribution in [0, 0.1) is 13.8 Å². The molecule has 1 aromatic rings. The van der Waals surface area contributed by atoms with Gasteiger partial charge >= 0.3 is 11.9 Å². The first-order valence-corrected chi connectivity index (χ1v) is 4.51. The number of amides is 1. The number of carbonyl (C=O) groups excluding carboxylic acids is 2. The summed E-state index contributed by atoms with van der Waals surface area (Å²) in [6.45, 7) is 3.72. The number of anilines is 1. The number of ether oxygens (including phenoxy) is 1. The lowest BCUT2D eigenvalue weighted by molar-refractivity contribution is -0.150. The smallest absolute Gasteiger partial charge is 0.396 e. The fourth-order valence-electron chi connectivity index (χ4n) is 1.27. The Balaban J connectivity index is 2.90. The molecule has 1 N–H and O–H groups in total. The summed E-state index contributed by atoms with van der Waals surface area (Å²) in [5, 5.41) is 2.52. The molecule has 1 rings (SSSR count). The summed E-state index contributed by atoms with van der Waals surface area (Å²) in [5.41, 5.74) is 2.48. The van der Waals surface area contributed by atoms with Crippen molar-refractivity contribution in [3.05, 3.63) is 29.3 Å². The van der Waals surface area contributed by atoms with E-state index in [2.05, 4.69) is 10.1 Å². The summed E-state index contributed by atoms with van der Waals surface area (Å²) >= 11 is 0. The average Bonchev–Trinajstić information content (AvgIpc) is 2.22. The van der Waals surface area contributed by atoms with Gasteiger partial charge in [-0.05, 0) is 25.0 Å². The van der Waals surface area contributed by atoms with E-state index in [1.54, 1.807) is 0 Å². The van der Waals surface area contributed by atoms with Gasteiger partial charge in [-0.2, -0.15) is 0 Å². The van der Waals surface area contributed by atoms with Crippen LogP contribution in [-0.2, 0) is 14.3 Å². The first-order chi connectivity index (χ1) is 7.06. The molecule has 0 atom stereocenters. The van der Waals surface area contributed by atoms with Gasteiger partial charge in [0.05, 0.1) is 7.11 Å². The molecule has 1 amide bonds. The monoisotopic (exact) mass is 207 g/mol. The largest absolute Gasteiger partial charge is 0.462 e. The number of carbonyl (C=O) groups is 2. The minimum atomic E-state index is -0.891. The normalized spacial score (nSPS) is 9.53. The lowest BCUT2D eigenvalue weighted by Gasteiger charge is -2.09. The van der Waals surface area contributed by atoms with Crippen LogP contribution in [0.4, 0.5) is 5.69 Å². The molecule has 15 heavy (non-hydrogen) atoms. The van der Waals surface area contributed by atoms with Crippen molar-refractivity contribution < 1.29 is 14.3 Å². The second-order valence-electron chi connectivity index (χ2n) is 3.21. The molecule has 0 radical (unpaired) electrons. The zero-order valence-corrected chi connectivity index (χ0v) is 8.96. The van der Waals surface area contributed by atoms with Gasteiger partial charge < -0.3 is 10.1 Å². The number of benzene rings is 1. The Bertz CT molecular complexity index is 379. The highest BCUT2D eigenvalue weighted by molar-refractivity contribution is 6.37. The number of nitrogens with one attached hydrogen (secondary N) is 1. The van der Waals surface area contributed by atoms with Gasteiger partial charge in [0.1, 0.15) is 0 Å². The van der Waals surface area contributed by atoms with Gasteiger partial charge in [-0.1, -0.05) is 18.2 Å². The Morgan fingerprint density at radius 1 is 1.20 bits per heavy atom. The number of rotatable bonds is 1. The molecule has 0 fully saturated rings. The van der Waals surface area contributed by atoms with Crippen molar-refractivity contribution in [3.8, 4) is 0 Å². The second-order valence-corrected chi connectivity index (χ2v) is 3.21. The number of esters is 1. The zero-order chi connectivity index (χ0) is 11.4. The molecule has 80 valence electrons. The van der Waals surface area contributed by atoms with Crippen LogP contribution in [0.3, 0.4) is 0 Å². The predicted molar refractivity (Wildman–Crippen MR) is 56.6 cm³/mol. The highest BCUT2D eigenvalue weighted by atomic mass is 16.5. The number of aryl methyl sites for hydroxylation is 2. The minimum absolute atomic E-state index is 0.660. The minimum Gasteiger partial charge on any atom is -0.462 e. The fraction of sp³-hybridized carbons (Fsp3) is 0.273. The standard InChI is InChI=1S/C11H13NO3/c1-7-5-4-6-8(2)9(7)12-10(13)11(14)15-3/h4-6H,1-3H3,(H,12,13). The lowest BCUT2D eigenvalue weighted by atomic mass is 10.1. The van der Waals surface area contributed by atoms with E-state index in [0.29, 0.717) is 5.69 Å². The van der Waals surface area contributed by atoms with Crippen LogP contribution in [-0.4, -0.2) is 19.0 Å². The third kappa shape index (κ3) is 2.56. The Labute approximate surface area is 88.2 Å². The number of para-hydroxylation sites is 1. The summed E-state index contributed by atoms with van der Waals surface area (Å²) < 4.78 is 4.31. The van der Waals surface area contributed by atoms with Gasteiger partial charge in [-0.25, -0.2) is 4.79 Å². The van der Waals surface area contributed by atoms with Crippen molar-refractivity contribution in [2.24, 2.45) is 0 Å². The fourth-order valence-corrected chi connectivity index (χ4v) is 1.27. The van der Waals surface area contributed by atoms with Crippen LogP contribution < -0.4 is 5.32 Å². The van der Waals surface area contributed by atoms with Gasteiger partial charge in [-0.3, -0.25) is 4.79 Å². The van der Waals surface area contributed by atoms with Crippen molar-refractivity contribution in [1.82, 2.24) is 0 Å². The molecule has 4 heteroatoms. The summed E-state index contributed by atoms with van der Waals surface area (Å²) in [6, 6.07) is 5.61. The average molecular weight is 207 g/mol. The van der Waals surface area contributed by atoms with Crippen LogP contribution >= 0.6 is 0 Å². The second kappa shape index (κ2) is 4.59. The van der Waals surface area contributed by atoms with Crippen molar-refractivity contribution in [2.75, 3.05) is 12.4 Å². The van der Waals surface area contributed by atoms with Crippen molar-refractivity contribution in [3.63, 3.8) is 0 Å². The van der Waals surface area contributed by atoms with Crippen LogP contribution in [0.5, 0.6) is 0 Å². The molecule has 4 nitrogen and oxygen atoms in total. The van der Waals surface area contributed by atoms with E-state index in [1.807, 2.05) is 32.0 Å². The maximum absolute atomic E-state index is 11.3. The molecule has 0 aliphatic rings. The van der Waals surface area contributed by atoms with E-state index in [9.17, 15) is 9.59 Å². The Hall–Kier alpha value is -1.84. The zero-order valence-electron chi connectivity index (χ0n) is 8.96. The van der Waals surface area contributed by atoms with Gasteiger partial charge in [0.2, 0.25) is 0 Å². The van der Waals surface area contributed by atoms with E-state index in [0.717, 1.165) is 11.1 Å². The highest BCUT2D eigenvalue weighted by Crippen LogP contribution is 2.19. The molecule has 0 saturated heterocycles. The third-order valence-electron chi connectivity index (χ3n) is 2.09. The van der Waals surface area contributed by atoms with Gasteiger partial charge in [0.25, 0.3) is 0 Å². The number of hydrogen-bond acceptors (Lipinski definition) is 3. The topological polar surface area (TPSA) is 55.4 Å². The summed E-state index contributed by atoms with van der Waals surface area (Å²) in [7, 11) is 1.17. The number of methoxy groups -OCH3 is 1. The first kappa shape index (κ1) is 11.2. The van der Waals surface area contributed by atoms with Gasteiger partial charge in [0.15, 0.2) is 0 Å². The van der Waals surface area contributed by atoms with E-state index in [1.165, 1.54) is 7.11 Å². The Kier molecular flexibility index (Phi) is 3.44. The van der Waals surface area contributed by atoms with Gasteiger partial charge in [-0.15, -0.1) is 0 Å². The Morgan fingerprint density at radius 2 is 1.73 bits per heavy atom. The maximum atomic E-state index is 11.3. The molecule has 1 aromatic carbocycles. The van der Waals surface area contributed by atoms with E-state index in [4.69, 9.17) is 0 Å². The lowest BCUT2D eigenvalue weighted by Crippen LogP contribution is -2.24. The predicted octanol–water partition coefficient (Wildman–Crippen LogP) is 1.41. The van der Waals surface area contributed by atoms with Gasteiger partial charge in [0, 0.05) is 5.69 Å². The molecule has 0 saturated carbocycles. The van der Waals surface area contributed by atoms with Crippen LogP contribution in [0.1, 0.15) is 11.1 Å². The van der Waals surface area contributed by atoms with E-state index in [-0.39, 0.29) is 0 Å². The molecule has 0 aliphatic heterocycles. The third-order valence-corrected chi connectivity index (χ3v) is 2.09. The molecule has 0 spiro atoms. The Morgan fingerprint density at radius 3 is 2.20 bits per heavy atom. The maximum Gasteiger partial charge on any atom is 0.396 e. The summed E-state index contributed by atoms with van der Waals surface area (Å²) in [5.74, 6) is -1.65. The molecular weight excluding hydrogens is 194 g/mol. The molecule has 0 aliphatic carbocycles. The molecule has 0 aromatic heterocycles. The molecule has 0 heterocycles. The van der Waals surface area contributed by atoms with Crippen LogP contribution in [0.2, 0.25) is 0 Å². The highest BCUT2D eigenvalue weighted by Gasteiger charge is 2.15. The quantitative estimate of drug-likeness (QED) is 0.559. The SMILES string of the molecule is COC(=O)C(=O)Nc1c(C)cccc1C. The molecular formula is C11H13NO3. The number of hydrogen-bond donors (Lipinski definition) is 1. The van der Waals surface area contributed by atoms with Crippen molar-refractivity contribution >= 4 is 17.6 Å². The molecule has 0 bridgehead atoms. The summed E-state index contributed by atoms with van der Waals surface area (Å²) in [4.78, 5) is 22.2. The van der Waals surface area contributed by atoms with E-state index >= 15 is 0 Å². The first-order valence-electron chi connectivity index (χ1n) is 4.51.